The second kappa shape index (κ2) is 9.60. The summed E-state index contributed by atoms with van der Waals surface area (Å²) in [5, 5.41) is 11.0. The molecule has 0 aliphatic rings. The molecular weight excluding hydrogens is 481 g/mol. The maximum Gasteiger partial charge on any atom is 0.277 e. The van der Waals surface area contributed by atoms with E-state index in [4.69, 9.17) is 13.9 Å². The quantitative estimate of drug-likeness (QED) is 0.372. The number of halogens is 1. The van der Waals surface area contributed by atoms with Crippen LogP contribution >= 0.6 is 34.4 Å². The Balaban J connectivity index is 1.46. The van der Waals surface area contributed by atoms with Crippen LogP contribution in [-0.4, -0.2) is 29.0 Å². The molecule has 1 heterocycles. The molecule has 0 spiro atoms. The van der Waals surface area contributed by atoms with E-state index in [1.54, 1.807) is 31.4 Å². The van der Waals surface area contributed by atoms with Crippen LogP contribution in [0.5, 0.6) is 11.5 Å². The zero-order valence-corrected chi connectivity index (χ0v) is 17.3. The van der Waals surface area contributed by atoms with Crippen molar-refractivity contribution in [2.24, 2.45) is 0 Å². The summed E-state index contributed by atoms with van der Waals surface area (Å²) in [6.45, 7) is 0.147. The van der Waals surface area contributed by atoms with Crippen LogP contribution in [0.1, 0.15) is 5.89 Å². The highest BCUT2D eigenvalue weighted by Gasteiger charge is 2.11. The highest BCUT2D eigenvalue weighted by molar-refractivity contribution is 14.1. The first-order chi connectivity index (χ1) is 13.1. The number of benzene rings is 2. The normalized spacial score (nSPS) is 10.4. The summed E-state index contributed by atoms with van der Waals surface area (Å²) in [6, 6.07) is 14.8. The third-order valence-corrected chi connectivity index (χ3v) is 5.10. The zero-order valence-electron chi connectivity index (χ0n) is 14.3. The van der Waals surface area contributed by atoms with Crippen molar-refractivity contribution in [1.29, 1.82) is 0 Å². The minimum Gasteiger partial charge on any atom is -0.497 e. The molecule has 9 heteroatoms. The van der Waals surface area contributed by atoms with E-state index in [0.717, 1.165) is 15.0 Å². The third-order valence-electron chi connectivity index (χ3n) is 3.34. The SMILES string of the molecule is COc1ccc(OCc2nnc(SCC(=O)Nc3ccccc3I)o2)cc1. The molecule has 1 amide bonds. The molecule has 0 atom stereocenters. The lowest BCUT2D eigenvalue weighted by Crippen LogP contribution is -2.14. The van der Waals surface area contributed by atoms with Gasteiger partial charge in [-0.15, -0.1) is 10.2 Å². The molecule has 140 valence electrons. The molecule has 0 aliphatic carbocycles. The van der Waals surface area contributed by atoms with Crippen molar-refractivity contribution in [3.63, 3.8) is 0 Å². The number of hydrogen-bond donors (Lipinski definition) is 1. The highest BCUT2D eigenvalue weighted by Crippen LogP contribution is 2.21. The van der Waals surface area contributed by atoms with Crippen LogP contribution in [0.25, 0.3) is 0 Å². The molecule has 0 fully saturated rings. The Kier molecular flexibility index (Phi) is 6.93. The standard InChI is InChI=1S/C18H16IN3O4S/c1-24-12-6-8-13(9-7-12)25-10-17-21-22-18(26-17)27-11-16(23)20-15-5-3-2-4-14(15)19/h2-9H,10-11H2,1H3,(H,20,23). The predicted molar refractivity (Wildman–Crippen MR) is 110 cm³/mol. The first kappa shape index (κ1) is 19.5. The maximum absolute atomic E-state index is 12.0. The van der Waals surface area contributed by atoms with Gasteiger partial charge in [0.15, 0.2) is 6.61 Å². The fraction of sp³-hybridized carbons (Fsp3) is 0.167. The Morgan fingerprint density at radius 1 is 1.15 bits per heavy atom. The van der Waals surface area contributed by atoms with Crippen LogP contribution < -0.4 is 14.8 Å². The summed E-state index contributed by atoms with van der Waals surface area (Å²) >= 11 is 3.35. The molecule has 3 aromatic rings. The second-order valence-electron chi connectivity index (χ2n) is 5.24. The first-order valence-electron chi connectivity index (χ1n) is 7.90. The average Bonchev–Trinajstić information content (AvgIpc) is 3.15. The molecule has 3 rings (SSSR count). The van der Waals surface area contributed by atoms with Gasteiger partial charge in [-0.1, -0.05) is 23.9 Å². The summed E-state index contributed by atoms with van der Waals surface area (Å²) in [5.74, 6) is 1.79. The van der Waals surface area contributed by atoms with E-state index >= 15 is 0 Å². The van der Waals surface area contributed by atoms with Gasteiger partial charge in [-0.25, -0.2) is 0 Å². The van der Waals surface area contributed by atoms with E-state index in [9.17, 15) is 4.79 Å². The number of amides is 1. The number of para-hydroxylation sites is 1. The fourth-order valence-electron chi connectivity index (χ4n) is 2.05. The van der Waals surface area contributed by atoms with Crippen LogP contribution in [0.2, 0.25) is 0 Å². The van der Waals surface area contributed by atoms with Crippen molar-refractivity contribution < 1.29 is 18.7 Å². The molecule has 7 nitrogen and oxygen atoms in total. The minimum atomic E-state index is -0.140. The molecule has 0 aliphatic heterocycles. The number of aromatic nitrogens is 2. The van der Waals surface area contributed by atoms with Crippen LogP contribution in [0, 0.1) is 3.57 Å². The number of nitrogens with zero attached hydrogens (tertiary/aromatic N) is 2. The summed E-state index contributed by atoms with van der Waals surface area (Å²) in [5.41, 5.74) is 0.780. The van der Waals surface area contributed by atoms with Crippen molar-refractivity contribution in [2.45, 2.75) is 11.8 Å². The van der Waals surface area contributed by atoms with Gasteiger partial charge in [-0.05, 0) is 59.0 Å². The lowest BCUT2D eigenvalue weighted by atomic mass is 10.3. The number of hydrogen-bond acceptors (Lipinski definition) is 7. The van der Waals surface area contributed by atoms with Gasteiger partial charge in [-0.2, -0.15) is 0 Å². The minimum absolute atomic E-state index is 0.140. The number of thioether (sulfide) groups is 1. The van der Waals surface area contributed by atoms with Gasteiger partial charge in [0.1, 0.15) is 11.5 Å². The maximum atomic E-state index is 12.0. The summed E-state index contributed by atoms with van der Waals surface area (Å²) in [6.07, 6.45) is 0. The van der Waals surface area contributed by atoms with Gasteiger partial charge in [0.25, 0.3) is 11.1 Å². The van der Waals surface area contributed by atoms with E-state index < -0.39 is 0 Å². The number of carbonyl (C=O) groups excluding carboxylic acids is 1. The van der Waals surface area contributed by atoms with E-state index in [1.807, 2.05) is 24.3 Å². The molecule has 1 aromatic heterocycles. The number of ether oxygens (including phenoxy) is 2. The number of nitrogens with one attached hydrogen (secondary N) is 1. The zero-order chi connectivity index (χ0) is 19.1. The summed E-state index contributed by atoms with van der Waals surface area (Å²) in [4.78, 5) is 12.0. The number of rotatable bonds is 8. The Labute approximate surface area is 174 Å². The molecule has 27 heavy (non-hydrogen) atoms. The predicted octanol–water partition coefficient (Wildman–Crippen LogP) is 3.99. The van der Waals surface area contributed by atoms with Gasteiger partial charge in [0, 0.05) is 3.57 Å². The van der Waals surface area contributed by atoms with Gasteiger partial charge >= 0.3 is 0 Å². The van der Waals surface area contributed by atoms with E-state index in [0.29, 0.717) is 16.9 Å². The topological polar surface area (TPSA) is 86.5 Å². The van der Waals surface area contributed by atoms with Gasteiger partial charge < -0.3 is 19.2 Å². The smallest absolute Gasteiger partial charge is 0.277 e. The molecule has 0 radical (unpaired) electrons. The average molecular weight is 497 g/mol. The van der Waals surface area contributed by atoms with E-state index in [1.165, 1.54) is 11.8 Å². The Hall–Kier alpha value is -2.27. The summed E-state index contributed by atoms with van der Waals surface area (Å²) < 4.78 is 17.1. The van der Waals surface area contributed by atoms with Crippen LogP contribution in [0.3, 0.4) is 0 Å². The largest absolute Gasteiger partial charge is 0.497 e. The second-order valence-corrected chi connectivity index (χ2v) is 7.33. The van der Waals surface area contributed by atoms with Crippen LogP contribution in [0.4, 0.5) is 5.69 Å². The number of carbonyl (C=O) groups is 1. The lowest BCUT2D eigenvalue weighted by molar-refractivity contribution is -0.113. The van der Waals surface area contributed by atoms with Gasteiger partial charge in [0.05, 0.1) is 18.6 Å². The Bertz CT molecular complexity index is 902. The molecule has 0 unspecified atom stereocenters. The number of anilines is 1. The monoisotopic (exact) mass is 497 g/mol. The highest BCUT2D eigenvalue weighted by atomic mass is 127. The molecule has 0 saturated carbocycles. The van der Waals surface area contributed by atoms with Crippen molar-refractivity contribution in [3.8, 4) is 11.5 Å². The van der Waals surface area contributed by atoms with Crippen molar-refractivity contribution in [1.82, 2.24) is 10.2 Å². The van der Waals surface area contributed by atoms with E-state index in [2.05, 4.69) is 38.1 Å². The van der Waals surface area contributed by atoms with Gasteiger partial charge in [-0.3, -0.25) is 4.79 Å². The van der Waals surface area contributed by atoms with Crippen molar-refractivity contribution in [2.75, 3.05) is 18.2 Å². The molecular formula is C18H16IN3O4S. The number of methoxy groups -OCH3 is 1. The third kappa shape index (κ3) is 5.86. The lowest BCUT2D eigenvalue weighted by Gasteiger charge is -2.05. The van der Waals surface area contributed by atoms with Crippen molar-refractivity contribution in [3.05, 3.63) is 58.0 Å². The molecule has 2 aromatic carbocycles. The van der Waals surface area contributed by atoms with Crippen LogP contribution in [0.15, 0.2) is 58.2 Å². The van der Waals surface area contributed by atoms with E-state index in [-0.39, 0.29) is 18.3 Å². The van der Waals surface area contributed by atoms with Crippen LogP contribution in [-0.2, 0) is 11.4 Å². The first-order valence-corrected chi connectivity index (χ1v) is 9.97. The summed E-state index contributed by atoms with van der Waals surface area (Å²) in [7, 11) is 1.61. The van der Waals surface area contributed by atoms with Crippen molar-refractivity contribution >= 4 is 45.9 Å². The fourth-order valence-corrected chi connectivity index (χ4v) is 3.15. The molecule has 1 N–H and O–H groups in total. The molecule has 0 bridgehead atoms. The Morgan fingerprint density at radius 2 is 1.89 bits per heavy atom. The van der Waals surface area contributed by atoms with Gasteiger partial charge in [0.2, 0.25) is 5.91 Å². The Morgan fingerprint density at radius 3 is 2.63 bits per heavy atom. The molecule has 0 saturated heterocycles.